The van der Waals surface area contributed by atoms with Crippen molar-refractivity contribution >= 4 is 5.97 Å². The molecule has 110 valence electrons. The molecule has 0 fully saturated rings. The number of carboxylic acids is 1. The van der Waals surface area contributed by atoms with Gasteiger partial charge in [0.1, 0.15) is 0 Å². The molecule has 3 aromatic rings. The number of H-pyrrole nitrogens is 1. The average Bonchev–Trinajstić information content (AvgIpc) is 3.08. The minimum atomic E-state index is -1.56. The van der Waals surface area contributed by atoms with Gasteiger partial charge in [0.05, 0.1) is 5.69 Å². The molecule has 0 amide bonds. The quantitative estimate of drug-likeness (QED) is 0.690. The molecule has 5 heteroatoms. The Bertz CT molecular complexity index is 797. The van der Waals surface area contributed by atoms with Gasteiger partial charge in [-0.1, -0.05) is 48.5 Å². The van der Waals surface area contributed by atoms with E-state index in [0.717, 1.165) is 16.8 Å². The zero-order chi connectivity index (χ0) is 15.5. The van der Waals surface area contributed by atoms with Crippen LogP contribution >= 0.6 is 0 Å². The van der Waals surface area contributed by atoms with Gasteiger partial charge < -0.3 is 10.2 Å². The normalized spacial score (nSPS) is 12.0. The Morgan fingerprint density at radius 1 is 0.955 bits per heavy atom. The average molecular weight is 294 g/mol. The predicted molar refractivity (Wildman–Crippen MR) is 82.1 cm³/mol. The van der Waals surface area contributed by atoms with E-state index in [1.165, 1.54) is 0 Å². The standard InChI is InChI=1S/C17H14N2O3/c20-16(17(21)22)14-8-4-2-6-12(14)11-5-1-3-7-13(11)15-9-10-18-19-15/h1-10,16,20H,(H,18,19)(H,21,22). The summed E-state index contributed by atoms with van der Waals surface area (Å²) in [5, 5.41) is 25.9. The molecular weight excluding hydrogens is 280 g/mol. The number of aliphatic carboxylic acids is 1. The molecule has 2 aromatic carbocycles. The first-order valence-electron chi connectivity index (χ1n) is 6.77. The van der Waals surface area contributed by atoms with Gasteiger partial charge >= 0.3 is 5.97 Å². The molecule has 3 N–H and O–H groups in total. The number of carboxylic acid groups (broad SMARTS) is 1. The van der Waals surface area contributed by atoms with Crippen molar-refractivity contribution in [3.05, 3.63) is 66.4 Å². The van der Waals surface area contributed by atoms with E-state index >= 15 is 0 Å². The maximum atomic E-state index is 11.1. The topological polar surface area (TPSA) is 86.2 Å². The summed E-state index contributed by atoms with van der Waals surface area (Å²) >= 11 is 0. The number of aliphatic hydroxyl groups is 1. The lowest BCUT2D eigenvalue weighted by Gasteiger charge is -2.15. The third-order valence-electron chi connectivity index (χ3n) is 3.50. The molecule has 1 atom stereocenters. The molecular formula is C17H14N2O3. The third-order valence-corrected chi connectivity index (χ3v) is 3.50. The van der Waals surface area contributed by atoms with Gasteiger partial charge in [-0.15, -0.1) is 0 Å². The summed E-state index contributed by atoms with van der Waals surface area (Å²) in [5.74, 6) is -1.27. The molecule has 5 nitrogen and oxygen atoms in total. The smallest absolute Gasteiger partial charge is 0.337 e. The number of hydrogen-bond donors (Lipinski definition) is 3. The molecule has 0 saturated heterocycles. The Kier molecular flexibility index (Phi) is 3.72. The monoisotopic (exact) mass is 294 g/mol. The first kappa shape index (κ1) is 14.0. The number of nitrogens with zero attached hydrogens (tertiary/aromatic N) is 1. The van der Waals surface area contributed by atoms with E-state index in [1.54, 1.807) is 24.4 Å². The number of carbonyl (C=O) groups is 1. The van der Waals surface area contributed by atoms with Crippen LogP contribution in [-0.2, 0) is 4.79 Å². The molecule has 1 heterocycles. The first-order valence-corrected chi connectivity index (χ1v) is 6.77. The second kappa shape index (κ2) is 5.83. The summed E-state index contributed by atoms with van der Waals surface area (Å²) < 4.78 is 0. The van der Waals surface area contributed by atoms with E-state index in [1.807, 2.05) is 36.4 Å². The van der Waals surface area contributed by atoms with Crippen LogP contribution in [-0.4, -0.2) is 26.4 Å². The predicted octanol–water partition coefficient (Wildman–Crippen LogP) is 2.86. The van der Waals surface area contributed by atoms with Gasteiger partial charge in [0.25, 0.3) is 0 Å². The Balaban J connectivity index is 2.20. The second-order valence-electron chi connectivity index (χ2n) is 4.84. The summed E-state index contributed by atoms with van der Waals surface area (Å²) in [6.07, 6.45) is 0.0930. The summed E-state index contributed by atoms with van der Waals surface area (Å²) in [7, 11) is 0. The molecule has 1 aromatic heterocycles. The van der Waals surface area contributed by atoms with Crippen LogP contribution in [0.4, 0.5) is 0 Å². The minimum Gasteiger partial charge on any atom is -0.479 e. The van der Waals surface area contributed by atoms with Gasteiger partial charge in [-0.25, -0.2) is 4.79 Å². The molecule has 3 rings (SSSR count). The maximum absolute atomic E-state index is 11.1. The lowest BCUT2D eigenvalue weighted by Crippen LogP contribution is -2.11. The zero-order valence-electron chi connectivity index (χ0n) is 11.6. The Hall–Kier alpha value is -2.92. The number of aromatic nitrogens is 2. The highest BCUT2D eigenvalue weighted by Gasteiger charge is 2.21. The first-order chi connectivity index (χ1) is 10.7. The largest absolute Gasteiger partial charge is 0.479 e. The van der Waals surface area contributed by atoms with Crippen molar-refractivity contribution in [2.24, 2.45) is 0 Å². The van der Waals surface area contributed by atoms with Gasteiger partial charge in [0, 0.05) is 11.8 Å². The molecule has 0 aliphatic heterocycles. The number of rotatable bonds is 4. The Morgan fingerprint density at radius 2 is 1.59 bits per heavy atom. The van der Waals surface area contributed by atoms with Crippen molar-refractivity contribution in [1.82, 2.24) is 10.2 Å². The van der Waals surface area contributed by atoms with Crippen molar-refractivity contribution in [1.29, 1.82) is 0 Å². The van der Waals surface area contributed by atoms with Crippen LogP contribution in [0.2, 0.25) is 0 Å². The zero-order valence-corrected chi connectivity index (χ0v) is 11.6. The number of benzene rings is 2. The summed E-state index contributed by atoms with van der Waals surface area (Å²) in [4.78, 5) is 11.1. The van der Waals surface area contributed by atoms with Crippen LogP contribution in [0.5, 0.6) is 0 Å². The second-order valence-corrected chi connectivity index (χ2v) is 4.84. The third kappa shape index (κ3) is 2.49. The number of nitrogens with one attached hydrogen (secondary N) is 1. The van der Waals surface area contributed by atoms with Gasteiger partial charge in [-0.2, -0.15) is 5.10 Å². The van der Waals surface area contributed by atoms with E-state index in [-0.39, 0.29) is 0 Å². The van der Waals surface area contributed by atoms with E-state index < -0.39 is 12.1 Å². The van der Waals surface area contributed by atoms with Crippen molar-refractivity contribution < 1.29 is 15.0 Å². The Labute approximate surface area is 126 Å². The van der Waals surface area contributed by atoms with Gasteiger partial charge in [-0.05, 0) is 22.8 Å². The fourth-order valence-corrected chi connectivity index (χ4v) is 2.47. The van der Waals surface area contributed by atoms with Crippen molar-refractivity contribution in [2.45, 2.75) is 6.10 Å². The minimum absolute atomic E-state index is 0.363. The molecule has 22 heavy (non-hydrogen) atoms. The number of aliphatic hydroxyl groups excluding tert-OH is 1. The maximum Gasteiger partial charge on any atom is 0.337 e. The van der Waals surface area contributed by atoms with Crippen LogP contribution in [0.3, 0.4) is 0 Å². The summed E-state index contributed by atoms with van der Waals surface area (Å²) in [5.41, 5.74) is 3.60. The summed E-state index contributed by atoms with van der Waals surface area (Å²) in [6, 6.07) is 16.4. The lowest BCUT2D eigenvalue weighted by molar-refractivity contribution is -0.146. The van der Waals surface area contributed by atoms with Crippen LogP contribution < -0.4 is 0 Å². The number of aromatic amines is 1. The highest BCUT2D eigenvalue weighted by molar-refractivity contribution is 5.86. The molecule has 0 radical (unpaired) electrons. The van der Waals surface area contributed by atoms with Crippen LogP contribution in [0.15, 0.2) is 60.8 Å². The molecule has 1 unspecified atom stereocenters. The molecule has 0 saturated carbocycles. The van der Waals surface area contributed by atoms with E-state index in [0.29, 0.717) is 11.1 Å². The SMILES string of the molecule is O=C(O)C(O)c1ccccc1-c1ccccc1-c1ccn[nH]1. The number of hydrogen-bond acceptors (Lipinski definition) is 3. The fraction of sp³-hybridized carbons (Fsp3) is 0.0588. The fourth-order valence-electron chi connectivity index (χ4n) is 2.47. The van der Waals surface area contributed by atoms with Crippen molar-refractivity contribution in [2.75, 3.05) is 0 Å². The molecule has 0 aliphatic carbocycles. The molecule has 0 aliphatic rings. The van der Waals surface area contributed by atoms with Crippen molar-refractivity contribution in [3.8, 4) is 22.4 Å². The highest BCUT2D eigenvalue weighted by atomic mass is 16.4. The highest BCUT2D eigenvalue weighted by Crippen LogP contribution is 2.35. The van der Waals surface area contributed by atoms with Crippen LogP contribution in [0.25, 0.3) is 22.4 Å². The van der Waals surface area contributed by atoms with Gasteiger partial charge in [0.2, 0.25) is 0 Å². The lowest BCUT2D eigenvalue weighted by atomic mass is 9.92. The van der Waals surface area contributed by atoms with Crippen LogP contribution in [0, 0.1) is 0 Å². The molecule has 0 spiro atoms. The van der Waals surface area contributed by atoms with Gasteiger partial charge in [-0.3, -0.25) is 5.10 Å². The van der Waals surface area contributed by atoms with E-state index in [9.17, 15) is 9.90 Å². The van der Waals surface area contributed by atoms with Crippen LogP contribution in [0.1, 0.15) is 11.7 Å². The van der Waals surface area contributed by atoms with Crippen molar-refractivity contribution in [3.63, 3.8) is 0 Å². The van der Waals surface area contributed by atoms with E-state index in [4.69, 9.17) is 5.11 Å². The van der Waals surface area contributed by atoms with Gasteiger partial charge in [0.15, 0.2) is 6.10 Å². The Morgan fingerprint density at radius 3 is 2.23 bits per heavy atom. The summed E-state index contributed by atoms with van der Waals surface area (Å²) in [6.45, 7) is 0. The van der Waals surface area contributed by atoms with E-state index in [2.05, 4.69) is 10.2 Å². The molecule has 0 bridgehead atoms.